The molecule has 0 fully saturated rings. The van der Waals surface area contributed by atoms with Crippen molar-refractivity contribution in [1.82, 2.24) is 10.5 Å². The third kappa shape index (κ3) is 14.3. The Kier molecular flexibility index (Phi) is 16.0. The molecular formula is C21H52B2N2O7Si2. The van der Waals surface area contributed by atoms with Crippen molar-refractivity contribution in [1.29, 1.82) is 0 Å². The van der Waals surface area contributed by atoms with E-state index in [2.05, 4.69) is 82.9 Å². The van der Waals surface area contributed by atoms with Crippen LogP contribution in [0.1, 0.15) is 41.5 Å². The summed E-state index contributed by atoms with van der Waals surface area (Å²) >= 11 is 0. The Bertz CT molecular complexity index is 584. The first-order valence-electron chi connectivity index (χ1n) is 12.0. The van der Waals surface area contributed by atoms with Crippen LogP contribution in [0.5, 0.6) is 0 Å². The van der Waals surface area contributed by atoms with Crippen LogP contribution in [-0.4, -0.2) is 90.9 Å². The first-order valence-corrected chi connectivity index (χ1v) is 17.8. The topological polar surface area (TPSA) is 130 Å². The fourth-order valence-corrected chi connectivity index (χ4v) is 4.21. The van der Waals surface area contributed by atoms with E-state index in [1.54, 1.807) is 13.6 Å². The van der Waals surface area contributed by atoms with Crippen LogP contribution in [0.2, 0.25) is 49.9 Å². The molecule has 5 N–H and O–H groups in total. The number of carbonyl (C=O) groups is 1. The van der Waals surface area contributed by atoms with E-state index in [0.29, 0.717) is 6.61 Å². The van der Waals surface area contributed by atoms with Gasteiger partial charge in [0.15, 0.2) is 16.6 Å². The van der Waals surface area contributed by atoms with Crippen molar-refractivity contribution in [3.05, 3.63) is 0 Å². The standard InChI is InChI=1S/C11H26BNO4Si.C10H26BNO3Si/c1-11(2,3)18(6,7)17-8-9(10(14)16-5)13-12(4)15;1-10(2,3)16(5,6)15-8-9(7-13)12-11(4)14/h9,13,15H,8H2,1-7H3;9,12-14H,7-8H2,1-6H3/t2*9-/m10/s1. The molecule has 202 valence electrons. The lowest BCUT2D eigenvalue weighted by Crippen LogP contribution is -2.51. The molecule has 0 unspecified atom stereocenters. The van der Waals surface area contributed by atoms with Gasteiger partial charge in [-0.25, -0.2) is 0 Å². The van der Waals surface area contributed by atoms with E-state index >= 15 is 0 Å². The number of hydrogen-bond acceptors (Lipinski definition) is 9. The molecule has 0 aromatic rings. The van der Waals surface area contributed by atoms with Crippen LogP contribution < -0.4 is 10.5 Å². The molecule has 9 nitrogen and oxygen atoms in total. The number of aliphatic hydroxyl groups is 1. The van der Waals surface area contributed by atoms with Gasteiger partial charge in [-0.05, 0) is 49.9 Å². The second-order valence-electron chi connectivity index (χ2n) is 11.8. The zero-order chi connectivity index (χ0) is 27.5. The van der Waals surface area contributed by atoms with Crippen LogP contribution in [0.3, 0.4) is 0 Å². The third-order valence-electron chi connectivity index (χ3n) is 6.49. The molecule has 0 saturated carbocycles. The molecule has 0 aromatic carbocycles. The van der Waals surface area contributed by atoms with Crippen molar-refractivity contribution in [2.24, 2.45) is 0 Å². The predicted octanol–water partition coefficient (Wildman–Crippen LogP) is 2.32. The molecular weight excluding hydrogens is 470 g/mol. The number of carbonyl (C=O) groups excluding carboxylic acids is 1. The lowest BCUT2D eigenvalue weighted by molar-refractivity contribution is -0.143. The summed E-state index contributed by atoms with van der Waals surface area (Å²) in [6.07, 6.45) is 0. The van der Waals surface area contributed by atoms with Crippen LogP contribution in [0.4, 0.5) is 0 Å². The van der Waals surface area contributed by atoms with Gasteiger partial charge in [0, 0.05) is 6.04 Å². The summed E-state index contributed by atoms with van der Waals surface area (Å²) in [5.74, 6) is -0.422. The van der Waals surface area contributed by atoms with Gasteiger partial charge >= 0.3 is 20.1 Å². The molecule has 0 rings (SSSR count). The molecule has 0 aliphatic rings. The lowest BCUT2D eigenvalue weighted by Gasteiger charge is -2.37. The maximum Gasteiger partial charge on any atom is 0.374 e. The molecule has 0 bridgehead atoms. The Morgan fingerprint density at radius 1 is 0.853 bits per heavy atom. The maximum atomic E-state index is 11.6. The molecule has 34 heavy (non-hydrogen) atoms. The molecule has 0 aliphatic carbocycles. The van der Waals surface area contributed by atoms with Gasteiger partial charge in [-0.15, -0.1) is 0 Å². The second kappa shape index (κ2) is 15.1. The van der Waals surface area contributed by atoms with Crippen molar-refractivity contribution >= 4 is 36.7 Å². The lowest BCUT2D eigenvalue weighted by atomic mass is 9.87. The number of aliphatic hydroxyl groups excluding tert-OH is 1. The van der Waals surface area contributed by atoms with E-state index in [-0.39, 0.29) is 29.3 Å². The Balaban J connectivity index is 0. The third-order valence-corrected chi connectivity index (χ3v) is 15.5. The van der Waals surface area contributed by atoms with Gasteiger partial charge in [-0.2, -0.15) is 0 Å². The SMILES string of the molecule is CB(O)N[C@@H](CO)CO[Si](C)(C)C(C)(C)C.COC(=O)[C@@H](CO[Si](C)(C)C(C)(C)C)NB(C)O. The van der Waals surface area contributed by atoms with Crippen LogP contribution in [-0.2, 0) is 18.4 Å². The first-order chi connectivity index (χ1) is 15.1. The fraction of sp³-hybridized carbons (Fsp3) is 0.952. The molecule has 0 aromatic heterocycles. The highest BCUT2D eigenvalue weighted by Crippen LogP contribution is 2.37. The average Bonchev–Trinajstić information content (AvgIpc) is 2.65. The Labute approximate surface area is 211 Å². The highest BCUT2D eigenvalue weighted by molar-refractivity contribution is 6.74. The van der Waals surface area contributed by atoms with Crippen molar-refractivity contribution in [2.75, 3.05) is 26.9 Å². The molecule has 0 aliphatic heterocycles. The molecule has 13 heteroatoms. The van der Waals surface area contributed by atoms with E-state index in [1.165, 1.54) is 7.11 Å². The van der Waals surface area contributed by atoms with Gasteiger partial charge in [0.05, 0.1) is 26.9 Å². The number of hydrogen-bond donors (Lipinski definition) is 5. The number of methoxy groups -OCH3 is 1. The van der Waals surface area contributed by atoms with Gasteiger partial charge in [-0.3, -0.25) is 4.79 Å². The Morgan fingerprint density at radius 2 is 1.24 bits per heavy atom. The van der Waals surface area contributed by atoms with Gasteiger partial charge in [-0.1, -0.05) is 41.5 Å². The summed E-state index contributed by atoms with van der Waals surface area (Å²) < 4.78 is 16.6. The molecule has 0 heterocycles. The van der Waals surface area contributed by atoms with Gasteiger partial charge in [0.1, 0.15) is 6.04 Å². The maximum absolute atomic E-state index is 11.6. The van der Waals surface area contributed by atoms with Crippen molar-refractivity contribution in [2.45, 2.75) is 104 Å². The van der Waals surface area contributed by atoms with Crippen LogP contribution in [0.15, 0.2) is 0 Å². The second-order valence-corrected chi connectivity index (χ2v) is 21.4. The Morgan fingerprint density at radius 3 is 1.53 bits per heavy atom. The quantitative estimate of drug-likeness (QED) is 0.194. The van der Waals surface area contributed by atoms with E-state index in [1.807, 2.05) is 0 Å². The minimum Gasteiger partial charge on any atom is -0.468 e. The van der Waals surface area contributed by atoms with Crippen LogP contribution >= 0.6 is 0 Å². The van der Waals surface area contributed by atoms with Crippen molar-refractivity contribution < 1.29 is 33.5 Å². The minimum absolute atomic E-state index is 0.0283. The predicted molar refractivity (Wildman–Crippen MR) is 147 cm³/mol. The molecule has 0 spiro atoms. The highest BCUT2D eigenvalue weighted by Gasteiger charge is 2.39. The van der Waals surface area contributed by atoms with E-state index < -0.39 is 42.7 Å². The first kappa shape index (κ1) is 35.9. The van der Waals surface area contributed by atoms with E-state index in [0.717, 1.165) is 0 Å². The fourth-order valence-electron chi connectivity index (χ4n) is 2.15. The van der Waals surface area contributed by atoms with Crippen LogP contribution in [0.25, 0.3) is 0 Å². The van der Waals surface area contributed by atoms with Gasteiger partial charge in [0.2, 0.25) is 0 Å². The number of ether oxygens (including phenoxy) is 1. The molecule has 0 radical (unpaired) electrons. The highest BCUT2D eigenvalue weighted by atomic mass is 28.4. The summed E-state index contributed by atoms with van der Waals surface area (Å²) in [4.78, 5) is 11.6. The van der Waals surface area contributed by atoms with E-state index in [9.17, 15) is 14.8 Å². The summed E-state index contributed by atoms with van der Waals surface area (Å²) in [6.45, 7) is 25.3. The molecule has 0 amide bonds. The zero-order valence-electron chi connectivity index (χ0n) is 23.9. The number of nitrogens with one attached hydrogen (secondary N) is 2. The number of rotatable bonds is 12. The summed E-state index contributed by atoms with van der Waals surface area (Å²) in [7, 11) is -3.75. The zero-order valence-corrected chi connectivity index (χ0v) is 25.9. The van der Waals surface area contributed by atoms with Crippen molar-refractivity contribution in [3.63, 3.8) is 0 Å². The monoisotopic (exact) mass is 522 g/mol. The average molecular weight is 522 g/mol. The van der Waals surface area contributed by atoms with E-state index in [4.69, 9.17) is 14.0 Å². The van der Waals surface area contributed by atoms with Crippen LogP contribution in [0, 0.1) is 0 Å². The summed E-state index contributed by atoms with van der Waals surface area (Å²) in [5.41, 5.74) is 0. The molecule has 0 saturated heterocycles. The van der Waals surface area contributed by atoms with Crippen molar-refractivity contribution in [3.8, 4) is 0 Å². The normalized spacial score (nSPS) is 14.6. The van der Waals surface area contributed by atoms with Gasteiger partial charge in [0.25, 0.3) is 0 Å². The summed E-state index contributed by atoms with van der Waals surface area (Å²) in [6, 6.07) is -0.835. The minimum atomic E-state index is -1.91. The molecule has 2 atom stereocenters. The smallest absolute Gasteiger partial charge is 0.374 e. The van der Waals surface area contributed by atoms with Gasteiger partial charge < -0.3 is 39.2 Å². The Hall–Kier alpha value is -0.246. The number of esters is 1. The summed E-state index contributed by atoms with van der Waals surface area (Å²) in [5, 5.41) is 33.4. The largest absolute Gasteiger partial charge is 0.468 e.